The molecule has 1 saturated heterocycles. The Hall–Kier alpha value is -1.66. The van der Waals surface area contributed by atoms with Crippen LogP contribution in [0.1, 0.15) is 102 Å². The first-order chi connectivity index (χ1) is 17.7. The van der Waals surface area contributed by atoms with E-state index in [1.54, 1.807) is 6.26 Å². The highest BCUT2D eigenvalue weighted by molar-refractivity contribution is 5.71. The molecule has 6 heteroatoms. The summed E-state index contributed by atoms with van der Waals surface area (Å²) in [5.41, 5.74) is 0.0713. The Balaban J connectivity index is 1.14. The van der Waals surface area contributed by atoms with E-state index >= 15 is 0 Å². The van der Waals surface area contributed by atoms with Gasteiger partial charge < -0.3 is 14.3 Å². The first-order valence-corrected chi connectivity index (χ1v) is 15.0. The van der Waals surface area contributed by atoms with Gasteiger partial charge in [-0.25, -0.2) is 4.79 Å². The molecule has 5 fully saturated rings. The standard InChI is InChI=1S/C31H45NO5/c1-29-13-10-23(37-28(34)19-32-16-4-3-5-17-32)18-22(29)7-8-26-25(29)11-14-30(2)24(12-15-31(26,30)35)21-6-9-27(33)36-20-21/h6,9,20,22-26,35H,3-5,7-8,10-19H2,1-2H3/t22-,23+,24-,25+,26-,29+,30-,31+/m1/s1. The van der Waals surface area contributed by atoms with Crippen LogP contribution in [-0.4, -0.2) is 47.3 Å². The van der Waals surface area contributed by atoms with Gasteiger partial charge in [-0.15, -0.1) is 0 Å². The molecule has 8 atom stereocenters. The van der Waals surface area contributed by atoms with Crippen LogP contribution in [0.2, 0.25) is 0 Å². The van der Waals surface area contributed by atoms with E-state index in [-0.39, 0.29) is 34.4 Å². The molecular weight excluding hydrogens is 466 g/mol. The van der Waals surface area contributed by atoms with Crippen molar-refractivity contribution >= 4 is 5.97 Å². The van der Waals surface area contributed by atoms with Gasteiger partial charge in [0.15, 0.2) is 0 Å². The molecule has 0 radical (unpaired) electrons. The first-order valence-electron chi connectivity index (χ1n) is 15.0. The van der Waals surface area contributed by atoms with Crippen LogP contribution in [0, 0.1) is 28.6 Å². The fraction of sp³-hybridized carbons (Fsp3) is 0.806. The lowest BCUT2D eigenvalue weighted by Gasteiger charge is -2.63. The molecule has 0 unspecified atom stereocenters. The molecule has 0 aromatic carbocycles. The van der Waals surface area contributed by atoms with Crippen molar-refractivity contribution in [3.05, 3.63) is 34.4 Å². The van der Waals surface area contributed by atoms with Crippen LogP contribution in [0.3, 0.4) is 0 Å². The Bertz CT molecular complexity index is 1040. The zero-order valence-electron chi connectivity index (χ0n) is 22.8. The molecule has 204 valence electrons. The van der Waals surface area contributed by atoms with E-state index in [4.69, 9.17) is 9.15 Å². The molecule has 0 amide bonds. The predicted molar refractivity (Wildman–Crippen MR) is 141 cm³/mol. The van der Waals surface area contributed by atoms with Crippen LogP contribution >= 0.6 is 0 Å². The van der Waals surface area contributed by atoms with E-state index in [1.165, 1.54) is 25.3 Å². The van der Waals surface area contributed by atoms with Gasteiger partial charge >= 0.3 is 11.6 Å². The highest BCUT2D eigenvalue weighted by atomic mass is 16.5. The van der Waals surface area contributed by atoms with Gasteiger partial charge in [-0.1, -0.05) is 20.3 Å². The SMILES string of the molecule is C[C@]12CC[C@H](OC(=O)CN3CCCCC3)C[C@H]1CC[C@@H]1[C@@H]2CC[C@]2(C)[C@@H](c3ccc(=O)oc3)CC[C@]12O. The van der Waals surface area contributed by atoms with E-state index in [1.807, 2.05) is 6.07 Å². The molecule has 2 heterocycles. The summed E-state index contributed by atoms with van der Waals surface area (Å²) in [6.45, 7) is 7.25. The Labute approximate surface area is 221 Å². The molecular formula is C31H45NO5. The molecule has 37 heavy (non-hydrogen) atoms. The molecule has 6 nitrogen and oxygen atoms in total. The lowest BCUT2D eigenvalue weighted by Crippen LogP contribution is -2.62. The topological polar surface area (TPSA) is 80.0 Å². The Morgan fingerprint density at radius 2 is 1.84 bits per heavy atom. The van der Waals surface area contributed by atoms with Gasteiger partial charge in [-0.05, 0) is 124 Å². The van der Waals surface area contributed by atoms with Crippen LogP contribution in [0.15, 0.2) is 27.6 Å². The van der Waals surface area contributed by atoms with Crippen molar-refractivity contribution < 1.29 is 19.1 Å². The van der Waals surface area contributed by atoms with Gasteiger partial charge in [0.05, 0.1) is 18.4 Å². The summed E-state index contributed by atoms with van der Waals surface area (Å²) < 4.78 is 11.3. The molecule has 0 bridgehead atoms. The normalized spacial score (nSPS) is 43.9. The van der Waals surface area contributed by atoms with Crippen molar-refractivity contribution in [2.75, 3.05) is 19.6 Å². The summed E-state index contributed by atoms with van der Waals surface area (Å²) >= 11 is 0. The number of rotatable bonds is 4. The summed E-state index contributed by atoms with van der Waals surface area (Å²) in [6, 6.07) is 3.43. The van der Waals surface area contributed by atoms with Crippen LogP contribution < -0.4 is 5.63 Å². The van der Waals surface area contributed by atoms with Gasteiger partial charge in [-0.2, -0.15) is 0 Å². The maximum atomic E-state index is 12.7. The third-order valence-corrected chi connectivity index (χ3v) is 12.0. The molecule has 6 rings (SSSR count). The molecule has 0 spiro atoms. The van der Waals surface area contributed by atoms with Crippen LogP contribution in [-0.2, 0) is 9.53 Å². The number of ether oxygens (including phenoxy) is 1. The average molecular weight is 512 g/mol. The number of esters is 1. The summed E-state index contributed by atoms with van der Waals surface area (Å²) in [5.74, 6) is 1.57. The van der Waals surface area contributed by atoms with Gasteiger partial charge in [0.2, 0.25) is 0 Å². The van der Waals surface area contributed by atoms with Crippen LogP contribution in [0.5, 0.6) is 0 Å². The zero-order valence-corrected chi connectivity index (χ0v) is 22.8. The minimum atomic E-state index is -0.678. The number of hydrogen-bond donors (Lipinski definition) is 1. The fourth-order valence-corrected chi connectivity index (χ4v) is 9.92. The Kier molecular flexibility index (Phi) is 6.59. The largest absolute Gasteiger partial charge is 0.461 e. The smallest absolute Gasteiger partial charge is 0.335 e. The Morgan fingerprint density at radius 3 is 2.59 bits per heavy atom. The molecule has 1 aromatic heterocycles. The molecule has 5 aliphatic rings. The molecule has 1 aromatic rings. The van der Waals surface area contributed by atoms with Crippen molar-refractivity contribution in [2.24, 2.45) is 28.6 Å². The van der Waals surface area contributed by atoms with Crippen molar-refractivity contribution in [3.63, 3.8) is 0 Å². The van der Waals surface area contributed by atoms with Crippen molar-refractivity contribution in [1.29, 1.82) is 0 Å². The first kappa shape index (κ1) is 25.6. The number of carbonyl (C=O) groups is 1. The van der Waals surface area contributed by atoms with Crippen LogP contribution in [0.4, 0.5) is 0 Å². The highest BCUT2D eigenvalue weighted by Crippen LogP contribution is 2.70. The molecule has 1 aliphatic heterocycles. The summed E-state index contributed by atoms with van der Waals surface area (Å²) in [5, 5.41) is 12.4. The number of piperidine rings is 1. The molecule has 4 saturated carbocycles. The second kappa shape index (κ2) is 9.51. The third-order valence-electron chi connectivity index (χ3n) is 12.0. The summed E-state index contributed by atoms with van der Waals surface area (Å²) in [6.07, 6.45) is 14.4. The number of hydrogen-bond acceptors (Lipinski definition) is 6. The number of aliphatic hydroxyl groups is 1. The van der Waals surface area contributed by atoms with E-state index < -0.39 is 5.60 Å². The fourth-order valence-electron chi connectivity index (χ4n) is 9.92. The summed E-state index contributed by atoms with van der Waals surface area (Å²) in [7, 11) is 0. The number of carbonyl (C=O) groups excluding carboxylic acids is 1. The van der Waals surface area contributed by atoms with Crippen LogP contribution in [0.25, 0.3) is 0 Å². The van der Waals surface area contributed by atoms with E-state index in [2.05, 4.69) is 18.7 Å². The minimum absolute atomic E-state index is 0.0410. The third kappa shape index (κ3) is 4.21. The second-order valence-corrected chi connectivity index (χ2v) is 13.6. The van der Waals surface area contributed by atoms with Crippen molar-refractivity contribution in [1.82, 2.24) is 4.90 Å². The maximum Gasteiger partial charge on any atom is 0.335 e. The number of nitrogens with zero attached hydrogens (tertiary/aromatic N) is 1. The van der Waals surface area contributed by atoms with Crippen molar-refractivity contribution in [2.45, 2.75) is 109 Å². The average Bonchev–Trinajstić information content (AvgIpc) is 3.16. The van der Waals surface area contributed by atoms with Gasteiger partial charge in [0.25, 0.3) is 0 Å². The molecule has 1 N–H and O–H groups in total. The Morgan fingerprint density at radius 1 is 1.03 bits per heavy atom. The van der Waals surface area contributed by atoms with Crippen molar-refractivity contribution in [3.8, 4) is 0 Å². The van der Waals surface area contributed by atoms with Gasteiger partial charge in [0.1, 0.15) is 6.10 Å². The van der Waals surface area contributed by atoms with E-state index in [0.29, 0.717) is 24.3 Å². The lowest BCUT2D eigenvalue weighted by molar-refractivity contribution is -0.207. The van der Waals surface area contributed by atoms with Gasteiger partial charge in [0, 0.05) is 11.5 Å². The quantitative estimate of drug-likeness (QED) is 0.554. The summed E-state index contributed by atoms with van der Waals surface area (Å²) in [4.78, 5) is 26.5. The minimum Gasteiger partial charge on any atom is -0.461 e. The molecule has 4 aliphatic carbocycles. The number of likely N-dealkylation sites (tertiary alicyclic amines) is 1. The van der Waals surface area contributed by atoms with Gasteiger partial charge in [-0.3, -0.25) is 9.69 Å². The lowest BCUT2D eigenvalue weighted by atomic mass is 9.43. The zero-order chi connectivity index (χ0) is 25.8. The van der Waals surface area contributed by atoms with E-state index in [9.17, 15) is 14.7 Å². The maximum absolute atomic E-state index is 12.7. The number of fused-ring (bicyclic) bond motifs is 5. The monoisotopic (exact) mass is 511 g/mol. The highest BCUT2D eigenvalue weighted by Gasteiger charge is 2.67. The predicted octanol–water partition coefficient (Wildman–Crippen LogP) is 5.28. The second-order valence-electron chi connectivity index (χ2n) is 13.6. The van der Waals surface area contributed by atoms with E-state index in [0.717, 1.165) is 76.4 Å².